The van der Waals surface area contributed by atoms with Crippen molar-refractivity contribution in [2.75, 3.05) is 64.5 Å². The molecule has 9 nitrogen and oxygen atoms in total. The second-order valence-corrected chi connectivity index (χ2v) is 9.51. The van der Waals surface area contributed by atoms with E-state index in [2.05, 4.69) is 37.1 Å². The Hall–Kier alpha value is -3.21. The summed E-state index contributed by atoms with van der Waals surface area (Å²) < 4.78 is 12.8. The Labute approximate surface area is 202 Å². The zero-order chi connectivity index (χ0) is 23.5. The van der Waals surface area contributed by atoms with E-state index in [1.165, 1.54) is 11.3 Å². The Balaban J connectivity index is 1.30. The highest BCUT2D eigenvalue weighted by Crippen LogP contribution is 2.35. The number of likely N-dealkylation sites (N-methyl/N-ethyl adjacent to an activating group) is 1. The highest BCUT2D eigenvalue weighted by Gasteiger charge is 2.15. The van der Waals surface area contributed by atoms with Crippen molar-refractivity contribution in [3.8, 4) is 11.5 Å². The summed E-state index contributed by atoms with van der Waals surface area (Å²) in [7, 11) is 3.82. The largest absolute Gasteiger partial charge is 0.493 e. The van der Waals surface area contributed by atoms with E-state index in [1.54, 1.807) is 13.4 Å². The molecule has 3 heterocycles. The normalized spacial score (nSPS) is 15.1. The van der Waals surface area contributed by atoms with Gasteiger partial charge in [0.25, 0.3) is 0 Å². The minimum absolute atomic E-state index is 0.556. The molecule has 0 spiro atoms. The van der Waals surface area contributed by atoms with Gasteiger partial charge in [-0.25, -0.2) is 15.0 Å². The third-order valence-corrected chi connectivity index (χ3v) is 6.93. The summed E-state index contributed by atoms with van der Waals surface area (Å²) in [5.41, 5.74) is 8.35. The number of aromatic nitrogens is 3. The third kappa shape index (κ3) is 4.98. The van der Waals surface area contributed by atoms with E-state index in [0.717, 1.165) is 66.0 Å². The molecule has 3 N–H and O–H groups in total. The van der Waals surface area contributed by atoms with Gasteiger partial charge in [-0.1, -0.05) is 11.3 Å². The first-order valence-corrected chi connectivity index (χ1v) is 12.2. The van der Waals surface area contributed by atoms with Crippen LogP contribution in [0.5, 0.6) is 11.5 Å². The Morgan fingerprint density at radius 2 is 1.91 bits per heavy atom. The topological polar surface area (TPSA) is 102 Å². The van der Waals surface area contributed by atoms with Crippen LogP contribution in [0.1, 0.15) is 6.42 Å². The first kappa shape index (κ1) is 22.6. The molecule has 4 aromatic rings. The molecule has 34 heavy (non-hydrogen) atoms. The number of hydrogen-bond acceptors (Lipinski definition) is 10. The fourth-order valence-electron chi connectivity index (χ4n) is 4.14. The van der Waals surface area contributed by atoms with Gasteiger partial charge in [-0.05, 0) is 37.7 Å². The van der Waals surface area contributed by atoms with Crippen LogP contribution in [0.3, 0.4) is 0 Å². The van der Waals surface area contributed by atoms with E-state index in [4.69, 9.17) is 15.2 Å². The van der Waals surface area contributed by atoms with Crippen LogP contribution in [0.15, 0.2) is 36.7 Å². The second kappa shape index (κ2) is 9.96. The van der Waals surface area contributed by atoms with E-state index < -0.39 is 0 Å². The average Bonchev–Trinajstić information content (AvgIpc) is 3.22. The lowest BCUT2D eigenvalue weighted by Gasteiger charge is -2.32. The van der Waals surface area contributed by atoms with Crippen LogP contribution in [-0.2, 0) is 0 Å². The molecule has 1 aliphatic heterocycles. The molecule has 0 saturated carbocycles. The van der Waals surface area contributed by atoms with Crippen LogP contribution in [0.25, 0.3) is 21.1 Å². The quantitative estimate of drug-likeness (QED) is 0.367. The van der Waals surface area contributed by atoms with Gasteiger partial charge in [0.1, 0.15) is 12.1 Å². The zero-order valence-electron chi connectivity index (χ0n) is 19.5. The van der Waals surface area contributed by atoms with Crippen molar-refractivity contribution in [3.63, 3.8) is 0 Å². The van der Waals surface area contributed by atoms with Crippen LogP contribution in [0.4, 0.5) is 16.6 Å². The summed E-state index contributed by atoms with van der Waals surface area (Å²) in [6, 6.07) is 9.80. The average molecular weight is 480 g/mol. The smallest absolute Gasteiger partial charge is 0.181 e. The molecule has 2 aromatic heterocycles. The lowest BCUT2D eigenvalue weighted by atomic mass is 10.2. The van der Waals surface area contributed by atoms with Crippen LogP contribution in [0, 0.1) is 0 Å². The molecule has 10 heteroatoms. The van der Waals surface area contributed by atoms with Gasteiger partial charge in [0.15, 0.2) is 16.6 Å². The zero-order valence-corrected chi connectivity index (χ0v) is 20.3. The highest BCUT2D eigenvalue weighted by atomic mass is 32.1. The first-order chi connectivity index (χ1) is 16.6. The van der Waals surface area contributed by atoms with E-state index in [-0.39, 0.29) is 0 Å². The Kier molecular flexibility index (Phi) is 6.61. The van der Waals surface area contributed by atoms with Crippen molar-refractivity contribution >= 4 is 49.1 Å². The standard InChI is InChI=1S/C24H29N7O2S/c1-30-7-9-31(10-8-30)6-3-11-33-21-14-18-17(13-20(21)32-2)23(27-15-26-18)28-16-4-5-22-19(12-16)29-24(25)34-22/h4-5,12-15H,3,6-11H2,1-2H3,(H2,25,29)(H,26,27,28). The lowest BCUT2D eigenvalue weighted by molar-refractivity contribution is 0.145. The maximum atomic E-state index is 6.10. The van der Waals surface area contributed by atoms with Gasteiger partial charge in [-0.2, -0.15) is 0 Å². The van der Waals surface area contributed by atoms with Gasteiger partial charge in [0.2, 0.25) is 0 Å². The van der Waals surface area contributed by atoms with Gasteiger partial charge in [-0.3, -0.25) is 0 Å². The monoisotopic (exact) mass is 479 g/mol. The lowest BCUT2D eigenvalue weighted by Crippen LogP contribution is -2.44. The second-order valence-electron chi connectivity index (χ2n) is 8.45. The number of rotatable bonds is 8. The van der Waals surface area contributed by atoms with Gasteiger partial charge >= 0.3 is 0 Å². The van der Waals surface area contributed by atoms with Crippen LogP contribution < -0.4 is 20.5 Å². The number of thiazole rings is 1. The number of nitrogen functional groups attached to an aromatic ring is 1. The van der Waals surface area contributed by atoms with Crippen molar-refractivity contribution in [1.29, 1.82) is 0 Å². The number of fused-ring (bicyclic) bond motifs is 2. The fourth-order valence-corrected chi connectivity index (χ4v) is 4.85. The Bertz CT molecular complexity index is 1290. The highest BCUT2D eigenvalue weighted by molar-refractivity contribution is 7.22. The van der Waals surface area contributed by atoms with E-state index in [1.807, 2.05) is 30.3 Å². The summed E-state index contributed by atoms with van der Waals surface area (Å²) in [4.78, 5) is 18.1. The van der Waals surface area contributed by atoms with E-state index in [0.29, 0.717) is 29.1 Å². The number of nitrogens with zero attached hydrogens (tertiary/aromatic N) is 5. The summed E-state index contributed by atoms with van der Waals surface area (Å²) in [6.45, 7) is 6.15. The van der Waals surface area contributed by atoms with Crippen molar-refractivity contribution in [1.82, 2.24) is 24.8 Å². The molecule has 178 valence electrons. The number of anilines is 3. The molecule has 1 aliphatic rings. The molecule has 1 fully saturated rings. The number of nitrogens with one attached hydrogen (secondary N) is 1. The van der Waals surface area contributed by atoms with Crippen molar-refractivity contribution in [2.24, 2.45) is 0 Å². The van der Waals surface area contributed by atoms with Crippen LogP contribution >= 0.6 is 11.3 Å². The molecule has 0 unspecified atom stereocenters. The SMILES string of the molecule is COc1cc2c(Nc3ccc4sc(N)nc4c3)ncnc2cc1OCCCN1CCN(C)CC1. The molecule has 0 amide bonds. The van der Waals surface area contributed by atoms with Crippen LogP contribution in [-0.4, -0.2) is 78.2 Å². The molecule has 2 aromatic carbocycles. The van der Waals surface area contributed by atoms with Crippen molar-refractivity contribution in [3.05, 3.63) is 36.7 Å². The molecule has 0 aliphatic carbocycles. The number of ether oxygens (including phenoxy) is 2. The fraction of sp³-hybridized carbons (Fsp3) is 0.375. The maximum absolute atomic E-state index is 6.10. The number of hydrogen-bond donors (Lipinski definition) is 2. The Morgan fingerprint density at radius 3 is 2.74 bits per heavy atom. The van der Waals surface area contributed by atoms with Gasteiger partial charge in [0.05, 0.1) is 29.5 Å². The molecule has 0 radical (unpaired) electrons. The predicted octanol–water partition coefficient (Wildman–Crippen LogP) is 3.59. The minimum atomic E-state index is 0.556. The molecule has 5 rings (SSSR count). The number of nitrogens with two attached hydrogens (primary N) is 1. The molecular formula is C24H29N7O2S. The summed E-state index contributed by atoms with van der Waals surface area (Å²) in [5.74, 6) is 2.04. The minimum Gasteiger partial charge on any atom is -0.493 e. The third-order valence-electron chi connectivity index (χ3n) is 6.06. The first-order valence-electron chi connectivity index (χ1n) is 11.4. The number of benzene rings is 2. The van der Waals surface area contributed by atoms with Gasteiger partial charge in [-0.15, -0.1) is 0 Å². The van der Waals surface area contributed by atoms with Crippen molar-refractivity contribution < 1.29 is 9.47 Å². The van der Waals surface area contributed by atoms with Crippen molar-refractivity contribution in [2.45, 2.75) is 6.42 Å². The van der Waals surface area contributed by atoms with Crippen LogP contribution in [0.2, 0.25) is 0 Å². The number of piperazine rings is 1. The summed E-state index contributed by atoms with van der Waals surface area (Å²) in [5, 5.41) is 4.78. The van der Waals surface area contributed by atoms with E-state index in [9.17, 15) is 0 Å². The van der Waals surface area contributed by atoms with Gasteiger partial charge in [0, 0.05) is 49.9 Å². The molecule has 1 saturated heterocycles. The molecular weight excluding hydrogens is 450 g/mol. The number of methoxy groups -OCH3 is 1. The molecule has 0 bridgehead atoms. The summed E-state index contributed by atoms with van der Waals surface area (Å²) >= 11 is 1.47. The van der Waals surface area contributed by atoms with E-state index >= 15 is 0 Å². The molecule has 0 atom stereocenters. The summed E-state index contributed by atoms with van der Waals surface area (Å²) in [6.07, 6.45) is 2.51. The van der Waals surface area contributed by atoms with Gasteiger partial charge < -0.3 is 30.3 Å². The predicted molar refractivity (Wildman–Crippen MR) is 137 cm³/mol. The maximum Gasteiger partial charge on any atom is 0.181 e. The Morgan fingerprint density at radius 1 is 1.06 bits per heavy atom.